The van der Waals surface area contributed by atoms with Crippen LogP contribution in [-0.2, 0) is 0 Å². The largest absolute Gasteiger partial charge is 0.278 e. The molecule has 1 unspecified atom stereocenters. The van der Waals surface area contributed by atoms with Gasteiger partial charge < -0.3 is 0 Å². The van der Waals surface area contributed by atoms with Gasteiger partial charge >= 0.3 is 0 Å². The van der Waals surface area contributed by atoms with E-state index in [2.05, 4.69) is 4.01 Å². The van der Waals surface area contributed by atoms with Crippen molar-refractivity contribution in [2.24, 2.45) is 5.50 Å². The van der Waals surface area contributed by atoms with Crippen molar-refractivity contribution in [3.63, 3.8) is 0 Å². The van der Waals surface area contributed by atoms with Gasteiger partial charge in [0.1, 0.15) is 5.30 Å². The highest BCUT2D eigenvalue weighted by Gasteiger charge is 2.38. The Balaban J connectivity index is 2.39. The normalized spacial score (nSPS) is 18.9. The van der Waals surface area contributed by atoms with Gasteiger partial charge in [-0.15, -0.1) is 0 Å². The maximum Gasteiger partial charge on any atom is 0.278 e. The molecule has 0 saturated heterocycles. The molecule has 2 nitrogen and oxygen atoms in total. The van der Waals surface area contributed by atoms with Crippen LogP contribution >= 0.6 is 28.4 Å². The van der Waals surface area contributed by atoms with E-state index in [1.807, 2.05) is 48.6 Å². The highest BCUT2D eigenvalue weighted by Crippen LogP contribution is 2.58. The zero-order valence-electron chi connectivity index (χ0n) is 8.05. The first-order valence-electron chi connectivity index (χ1n) is 4.51. The van der Waals surface area contributed by atoms with Gasteiger partial charge in [0.15, 0.2) is 3.32 Å². The van der Waals surface area contributed by atoms with Crippen LogP contribution in [0.3, 0.4) is 0 Å². The number of hydrogen-bond acceptors (Lipinski definition) is 2. The molecule has 1 heterocycles. The van der Waals surface area contributed by atoms with Crippen LogP contribution in [0.4, 0.5) is 0 Å². The molecule has 1 aromatic rings. The number of benzene rings is 1. The van der Waals surface area contributed by atoms with E-state index in [9.17, 15) is 4.89 Å². The van der Waals surface area contributed by atoms with Crippen molar-refractivity contribution in [2.75, 3.05) is 0 Å². The van der Waals surface area contributed by atoms with Gasteiger partial charge in [0.05, 0.1) is 0 Å². The van der Waals surface area contributed by atoms with E-state index < -0.39 is 7.64 Å². The minimum Gasteiger partial charge on any atom is -0.221 e. The zero-order chi connectivity index (χ0) is 10.7. The lowest BCUT2D eigenvalue weighted by atomic mass is 10.4. The fourth-order valence-corrected chi connectivity index (χ4v) is 6.33. The third kappa shape index (κ3) is 2.42. The molecule has 15 heavy (non-hydrogen) atoms. The third-order valence-electron chi connectivity index (χ3n) is 2.07. The summed E-state index contributed by atoms with van der Waals surface area (Å²) >= 11 is -0.243. The first-order valence-corrected chi connectivity index (χ1v) is 8.65. The first kappa shape index (κ1) is 11.1. The molecule has 1 aliphatic heterocycles. The molecule has 0 aromatic heterocycles. The van der Waals surface area contributed by atoms with Crippen molar-refractivity contribution in [3.8, 4) is 0 Å². The fourth-order valence-electron chi connectivity index (χ4n) is 1.28. The van der Waals surface area contributed by atoms with E-state index >= 15 is 0 Å². The van der Waals surface area contributed by atoms with Crippen LogP contribution in [0.15, 0.2) is 51.9 Å². The minimum absolute atomic E-state index is 0.243. The smallest absolute Gasteiger partial charge is 0.221 e. The minimum atomic E-state index is -2.54. The average molecular weight is 332 g/mol. The molecule has 0 saturated carbocycles. The van der Waals surface area contributed by atoms with Crippen molar-refractivity contribution < 1.29 is 4.89 Å². The lowest BCUT2D eigenvalue weighted by molar-refractivity contribution is 0.623. The Morgan fingerprint density at radius 1 is 1.13 bits per heavy atom. The van der Waals surface area contributed by atoms with Crippen LogP contribution in [0.1, 0.15) is 0 Å². The maximum absolute atomic E-state index is 10.4. The van der Waals surface area contributed by atoms with Crippen molar-refractivity contribution in [1.82, 2.24) is 0 Å². The van der Waals surface area contributed by atoms with Gasteiger partial charge in [0.2, 0.25) is 0 Å². The van der Waals surface area contributed by atoms with Crippen LogP contribution in [0.5, 0.6) is 0 Å². The average Bonchev–Trinajstić information content (AvgIpc) is 2.31. The molecule has 3 N–H and O–H groups in total. The van der Waals surface area contributed by atoms with Crippen molar-refractivity contribution in [2.45, 2.75) is 0 Å². The van der Waals surface area contributed by atoms with Crippen molar-refractivity contribution in [1.29, 1.82) is 0 Å². The number of halogens is 1. The second-order valence-electron chi connectivity index (χ2n) is 3.13. The highest BCUT2D eigenvalue weighted by molar-refractivity contribution is 14.2. The summed E-state index contributed by atoms with van der Waals surface area (Å²) in [7, 11) is -2.54. The van der Waals surface area contributed by atoms with Crippen molar-refractivity contribution >= 4 is 37.7 Å². The van der Waals surface area contributed by atoms with Crippen LogP contribution < -0.4 is 10.8 Å². The Morgan fingerprint density at radius 3 is 2.47 bits per heavy atom. The summed E-state index contributed by atoms with van der Waals surface area (Å²) in [4.78, 5) is 10.4. The van der Waals surface area contributed by atoms with Gasteiger partial charge in [-0.1, -0.05) is 30.4 Å². The molecule has 4 heteroatoms. The Bertz CT molecular complexity index is 437. The predicted molar refractivity (Wildman–Crippen MR) is 76.7 cm³/mol. The summed E-state index contributed by atoms with van der Waals surface area (Å²) in [6.45, 7) is 0. The molecule has 0 bridgehead atoms. The number of nitrogens with two attached hydrogens (primary N) is 1. The van der Waals surface area contributed by atoms with Gasteiger partial charge in [-0.3, -0.25) is 0 Å². The van der Waals surface area contributed by atoms with Crippen molar-refractivity contribution in [3.05, 3.63) is 51.9 Å². The quantitative estimate of drug-likeness (QED) is 0.645. The summed E-state index contributed by atoms with van der Waals surface area (Å²) in [5, 5.41) is 0.861. The summed E-state index contributed by atoms with van der Waals surface area (Å²) < 4.78 is 3.16. The second-order valence-corrected chi connectivity index (χ2v) is 8.86. The van der Waals surface area contributed by atoms with E-state index in [-0.39, 0.29) is 20.7 Å². The molecule has 1 aliphatic rings. The topological polar surface area (TPSA) is 46.2 Å². The molecule has 0 spiro atoms. The number of rotatable bonds is 2. The zero-order valence-corrected chi connectivity index (χ0v) is 11.1. The van der Waals surface area contributed by atoms with Crippen LogP contribution in [0.25, 0.3) is 0 Å². The monoisotopic (exact) mass is 332 g/mol. The lowest BCUT2D eigenvalue weighted by Crippen LogP contribution is -2.18. The Labute approximate surface area is 99.7 Å². The SMILES string of the molecule is N[P+](O)(C1=CC=CC=I1)c1ccccc1. The molecule has 0 aliphatic carbocycles. The highest BCUT2D eigenvalue weighted by atomic mass is 127. The first-order chi connectivity index (χ1) is 7.21. The molecule has 0 radical (unpaired) electrons. The third-order valence-corrected chi connectivity index (χ3v) is 8.59. The molecule has 2 rings (SSSR count). The van der Waals surface area contributed by atoms with Gasteiger partial charge in [0.25, 0.3) is 7.64 Å². The van der Waals surface area contributed by atoms with Gasteiger partial charge in [0, 0.05) is 0 Å². The van der Waals surface area contributed by atoms with Crippen LogP contribution in [0, 0.1) is 0 Å². The molecule has 78 valence electrons. The fraction of sp³-hybridized carbons (Fsp3) is 0. The van der Waals surface area contributed by atoms with Gasteiger partial charge in [-0.25, -0.2) is 4.89 Å². The second kappa shape index (κ2) is 4.66. The summed E-state index contributed by atoms with van der Waals surface area (Å²) in [5.41, 5.74) is 6.08. The van der Waals surface area contributed by atoms with E-state index in [1.165, 1.54) is 0 Å². The lowest BCUT2D eigenvalue weighted by Gasteiger charge is -2.14. The Hall–Kier alpha value is -0.350. The molecule has 1 aromatic carbocycles. The molecular weight excluding hydrogens is 320 g/mol. The van der Waals surface area contributed by atoms with Crippen LogP contribution in [0.2, 0.25) is 0 Å². The molecule has 0 amide bonds. The van der Waals surface area contributed by atoms with E-state index in [4.69, 9.17) is 5.50 Å². The predicted octanol–water partition coefficient (Wildman–Crippen LogP) is 2.29. The number of allylic oxidation sites excluding steroid dienone is 3. The molecule has 1 atom stereocenters. The van der Waals surface area contributed by atoms with Gasteiger partial charge in [-0.2, -0.15) is 5.50 Å². The summed E-state index contributed by atoms with van der Waals surface area (Å²) in [6.07, 6.45) is 5.93. The Kier molecular flexibility index (Phi) is 3.46. The van der Waals surface area contributed by atoms with E-state index in [0.717, 1.165) is 8.63 Å². The van der Waals surface area contributed by atoms with Gasteiger partial charge in [-0.05, 0) is 43.0 Å². The summed E-state index contributed by atoms with van der Waals surface area (Å²) in [6, 6.07) is 9.55. The van der Waals surface area contributed by atoms with Crippen LogP contribution in [-0.4, -0.2) is 8.91 Å². The standard InChI is InChI=1S/C11H12INOP/c13-15(14,10-6-2-1-3-7-10)11-8-4-5-9-12-11/h1-9,14H,13H2/q+1. The van der Waals surface area contributed by atoms with E-state index in [1.54, 1.807) is 0 Å². The Morgan fingerprint density at radius 2 is 1.87 bits per heavy atom. The molecule has 0 fully saturated rings. The maximum atomic E-state index is 10.4. The molecular formula is C11H12INOP+. The number of hydrogen-bond donors (Lipinski definition) is 2. The van der Waals surface area contributed by atoms with E-state index in [0.29, 0.717) is 0 Å². The summed E-state index contributed by atoms with van der Waals surface area (Å²) in [5.74, 6) is 0.